The van der Waals surface area contributed by atoms with Crippen LogP contribution in [-0.4, -0.2) is 16.8 Å². The fourth-order valence-corrected chi connectivity index (χ4v) is 1.63. The highest BCUT2D eigenvalue weighted by Crippen LogP contribution is 2.17. The molecule has 11 heavy (non-hydrogen) atoms. The van der Waals surface area contributed by atoms with Gasteiger partial charge in [0.2, 0.25) is 0 Å². The zero-order valence-corrected chi connectivity index (χ0v) is 8.70. The smallest absolute Gasteiger partial charge is 0.133 e. The van der Waals surface area contributed by atoms with Crippen molar-refractivity contribution in [1.29, 1.82) is 0 Å². The first kappa shape index (κ1) is 11.0. The summed E-state index contributed by atoms with van der Waals surface area (Å²) >= 11 is 1.89. The molecule has 0 aromatic carbocycles. The van der Waals surface area contributed by atoms with Crippen LogP contribution in [0.5, 0.6) is 0 Å². The normalized spacial score (nSPS) is 16.0. The van der Waals surface area contributed by atoms with Crippen molar-refractivity contribution in [3.05, 3.63) is 0 Å². The maximum absolute atomic E-state index is 10.8. The topological polar surface area (TPSA) is 17.1 Å². The number of rotatable bonds is 5. The third kappa shape index (κ3) is 5.31. The van der Waals surface area contributed by atoms with E-state index in [9.17, 15) is 4.79 Å². The van der Waals surface area contributed by atoms with E-state index in [1.54, 1.807) is 6.92 Å². The van der Waals surface area contributed by atoms with Crippen LogP contribution in [0.4, 0.5) is 0 Å². The van der Waals surface area contributed by atoms with Gasteiger partial charge in [-0.3, -0.25) is 4.79 Å². The summed E-state index contributed by atoms with van der Waals surface area (Å²) in [6, 6.07) is 0. The van der Waals surface area contributed by atoms with Crippen LogP contribution < -0.4 is 0 Å². The summed E-state index contributed by atoms with van der Waals surface area (Å²) in [6.07, 6.45) is 1.19. The maximum atomic E-state index is 10.8. The molecule has 1 nitrogen and oxygen atoms in total. The number of carbonyl (C=O) groups is 1. The van der Waals surface area contributed by atoms with Crippen molar-refractivity contribution in [2.45, 2.75) is 39.4 Å². The summed E-state index contributed by atoms with van der Waals surface area (Å²) in [6.45, 7) is 8.05. The van der Waals surface area contributed by atoms with Gasteiger partial charge in [-0.2, -0.15) is 11.8 Å². The van der Waals surface area contributed by atoms with Gasteiger partial charge in [-0.1, -0.05) is 20.8 Å². The largest absolute Gasteiger partial charge is 0.300 e. The van der Waals surface area contributed by atoms with E-state index in [-0.39, 0.29) is 5.92 Å². The van der Waals surface area contributed by atoms with Gasteiger partial charge in [-0.15, -0.1) is 0 Å². The molecule has 0 aromatic heterocycles. The Hall–Kier alpha value is 0.0200. The van der Waals surface area contributed by atoms with Crippen LogP contribution >= 0.6 is 11.8 Å². The fourth-order valence-electron chi connectivity index (χ4n) is 0.544. The Labute approximate surface area is 73.9 Å². The summed E-state index contributed by atoms with van der Waals surface area (Å²) in [4.78, 5) is 10.8. The second-order valence-electron chi connectivity index (χ2n) is 3.06. The van der Waals surface area contributed by atoms with Gasteiger partial charge in [0.25, 0.3) is 0 Å². The van der Waals surface area contributed by atoms with Crippen LogP contribution in [-0.2, 0) is 4.79 Å². The lowest BCUT2D eigenvalue weighted by Crippen LogP contribution is -2.10. The predicted octanol–water partition coefficient (Wildman–Crippen LogP) is 2.74. The minimum Gasteiger partial charge on any atom is -0.300 e. The maximum Gasteiger partial charge on any atom is 0.133 e. The van der Waals surface area contributed by atoms with Gasteiger partial charge in [0.05, 0.1) is 0 Å². The minimum atomic E-state index is 0.231. The van der Waals surface area contributed by atoms with Gasteiger partial charge in [-0.25, -0.2) is 0 Å². The van der Waals surface area contributed by atoms with Gasteiger partial charge in [0.15, 0.2) is 0 Å². The second kappa shape index (κ2) is 5.64. The van der Waals surface area contributed by atoms with Crippen molar-refractivity contribution in [1.82, 2.24) is 0 Å². The number of ketones is 1. The highest BCUT2D eigenvalue weighted by atomic mass is 32.2. The van der Waals surface area contributed by atoms with Crippen LogP contribution in [0.1, 0.15) is 34.1 Å². The van der Waals surface area contributed by atoms with Gasteiger partial charge in [0, 0.05) is 16.9 Å². The third-order valence-electron chi connectivity index (χ3n) is 1.90. The number of carbonyl (C=O) groups excluding carboxylic acids is 1. The van der Waals surface area contributed by atoms with Crippen molar-refractivity contribution in [2.24, 2.45) is 5.92 Å². The molecule has 0 aliphatic carbocycles. The lowest BCUT2D eigenvalue weighted by Gasteiger charge is -2.10. The van der Waals surface area contributed by atoms with E-state index in [1.165, 1.54) is 6.42 Å². The Morgan fingerprint density at radius 3 is 2.36 bits per heavy atom. The van der Waals surface area contributed by atoms with E-state index in [0.717, 1.165) is 5.75 Å². The Bertz CT molecular complexity index is 123. The Morgan fingerprint density at radius 2 is 2.00 bits per heavy atom. The first-order valence-electron chi connectivity index (χ1n) is 4.20. The lowest BCUT2D eigenvalue weighted by molar-refractivity contribution is -0.119. The summed E-state index contributed by atoms with van der Waals surface area (Å²) < 4.78 is 0. The molecule has 0 heterocycles. The Morgan fingerprint density at radius 1 is 1.45 bits per heavy atom. The molecule has 0 aliphatic rings. The van der Waals surface area contributed by atoms with Crippen LogP contribution in [0.3, 0.4) is 0 Å². The van der Waals surface area contributed by atoms with E-state index in [0.29, 0.717) is 11.0 Å². The van der Waals surface area contributed by atoms with E-state index < -0.39 is 0 Å². The predicted molar refractivity (Wildman–Crippen MR) is 52.1 cm³/mol. The standard InChI is InChI=1S/C9H18OS/c1-5-8(3)11-6-7(2)9(4)10/h7-8H,5-6H2,1-4H3. The Kier molecular flexibility index (Phi) is 5.65. The van der Waals surface area contributed by atoms with Crippen LogP contribution in [0.2, 0.25) is 0 Å². The van der Waals surface area contributed by atoms with Gasteiger partial charge < -0.3 is 0 Å². The molecule has 0 spiro atoms. The summed E-state index contributed by atoms with van der Waals surface area (Å²) in [7, 11) is 0. The molecule has 0 saturated heterocycles. The molecule has 66 valence electrons. The highest BCUT2D eigenvalue weighted by Gasteiger charge is 2.08. The van der Waals surface area contributed by atoms with Crippen molar-refractivity contribution in [3.63, 3.8) is 0 Å². The van der Waals surface area contributed by atoms with E-state index in [4.69, 9.17) is 0 Å². The monoisotopic (exact) mass is 174 g/mol. The molecule has 0 aromatic rings. The van der Waals surface area contributed by atoms with Crippen molar-refractivity contribution < 1.29 is 4.79 Å². The third-order valence-corrected chi connectivity index (χ3v) is 3.49. The van der Waals surface area contributed by atoms with Crippen LogP contribution in [0.25, 0.3) is 0 Å². The molecule has 0 aliphatic heterocycles. The molecular formula is C9H18OS. The SMILES string of the molecule is CCC(C)SCC(C)C(C)=O. The molecule has 0 rings (SSSR count). The molecule has 0 bridgehead atoms. The average molecular weight is 174 g/mol. The van der Waals surface area contributed by atoms with Crippen molar-refractivity contribution in [2.75, 3.05) is 5.75 Å². The highest BCUT2D eigenvalue weighted by molar-refractivity contribution is 7.99. The molecule has 0 radical (unpaired) electrons. The van der Waals surface area contributed by atoms with Crippen LogP contribution in [0, 0.1) is 5.92 Å². The first-order chi connectivity index (χ1) is 5.07. The molecule has 2 heteroatoms. The average Bonchev–Trinajstić information content (AvgIpc) is 1.99. The molecular weight excluding hydrogens is 156 g/mol. The van der Waals surface area contributed by atoms with Crippen molar-refractivity contribution >= 4 is 17.5 Å². The van der Waals surface area contributed by atoms with E-state index in [2.05, 4.69) is 13.8 Å². The van der Waals surface area contributed by atoms with E-state index >= 15 is 0 Å². The molecule has 0 fully saturated rings. The van der Waals surface area contributed by atoms with Gasteiger partial charge >= 0.3 is 0 Å². The fraction of sp³-hybridized carbons (Fsp3) is 0.889. The number of hydrogen-bond donors (Lipinski definition) is 0. The number of thioether (sulfide) groups is 1. The summed E-state index contributed by atoms with van der Waals surface area (Å²) in [5.74, 6) is 1.51. The zero-order chi connectivity index (χ0) is 8.85. The van der Waals surface area contributed by atoms with Gasteiger partial charge in [0.1, 0.15) is 5.78 Å². The first-order valence-corrected chi connectivity index (χ1v) is 5.24. The Balaban J connectivity index is 3.45. The van der Waals surface area contributed by atoms with Gasteiger partial charge in [-0.05, 0) is 13.3 Å². The lowest BCUT2D eigenvalue weighted by atomic mass is 10.1. The minimum absolute atomic E-state index is 0.231. The zero-order valence-electron chi connectivity index (χ0n) is 7.89. The number of hydrogen-bond acceptors (Lipinski definition) is 2. The molecule has 2 atom stereocenters. The second-order valence-corrected chi connectivity index (χ2v) is 4.54. The van der Waals surface area contributed by atoms with Crippen LogP contribution in [0.15, 0.2) is 0 Å². The quantitative estimate of drug-likeness (QED) is 0.637. The van der Waals surface area contributed by atoms with E-state index in [1.807, 2.05) is 18.7 Å². The summed E-state index contributed by atoms with van der Waals surface area (Å²) in [5.41, 5.74) is 0. The molecule has 0 N–H and O–H groups in total. The summed E-state index contributed by atoms with van der Waals surface area (Å²) in [5, 5.41) is 0.691. The molecule has 2 unspecified atom stereocenters. The van der Waals surface area contributed by atoms with Crippen molar-refractivity contribution in [3.8, 4) is 0 Å². The molecule has 0 amide bonds. The molecule has 0 saturated carbocycles. The number of Topliss-reactive ketones (excluding diaryl/α,β-unsaturated/α-hetero) is 1.